The van der Waals surface area contributed by atoms with Gasteiger partial charge in [0, 0.05) is 23.8 Å². The molecule has 0 amide bonds. The van der Waals surface area contributed by atoms with E-state index in [2.05, 4.69) is 0 Å². The maximum atomic E-state index is 12.0. The second-order valence-electron chi connectivity index (χ2n) is 4.00. The third kappa shape index (κ3) is 3.70. The van der Waals surface area contributed by atoms with Crippen LogP contribution in [0, 0.1) is 13.8 Å². The van der Waals surface area contributed by atoms with Crippen molar-refractivity contribution in [2.75, 3.05) is 19.5 Å². The van der Waals surface area contributed by atoms with Gasteiger partial charge in [0.25, 0.3) is 0 Å². The lowest BCUT2D eigenvalue weighted by Crippen LogP contribution is -2.31. The molecule has 0 radical (unpaired) electrons. The highest BCUT2D eigenvalue weighted by Gasteiger charge is 2.11. The minimum atomic E-state index is -1.04. The SMILES string of the molecule is COCC(N)CS(=O)c1ccc(C)cc1C. The highest BCUT2D eigenvalue weighted by Crippen LogP contribution is 2.15. The number of ether oxygens (including phenoxy) is 1. The molecule has 1 aromatic rings. The van der Waals surface area contributed by atoms with Crippen molar-refractivity contribution >= 4 is 10.8 Å². The third-order valence-electron chi connectivity index (χ3n) is 2.32. The van der Waals surface area contributed by atoms with Crippen LogP contribution < -0.4 is 5.73 Å². The topological polar surface area (TPSA) is 52.3 Å². The summed E-state index contributed by atoms with van der Waals surface area (Å²) in [6, 6.07) is 5.75. The van der Waals surface area contributed by atoms with Crippen LogP contribution in [0.3, 0.4) is 0 Å². The third-order valence-corrected chi connectivity index (χ3v) is 4.00. The molecule has 3 nitrogen and oxygen atoms in total. The molecular formula is C12H19NO2S. The molecular weight excluding hydrogens is 222 g/mol. The van der Waals surface area contributed by atoms with Crippen LogP contribution in [0.25, 0.3) is 0 Å². The van der Waals surface area contributed by atoms with Crippen LogP contribution in [0.2, 0.25) is 0 Å². The molecule has 2 unspecified atom stereocenters. The molecule has 90 valence electrons. The fourth-order valence-corrected chi connectivity index (χ4v) is 2.90. The fraction of sp³-hybridized carbons (Fsp3) is 0.500. The second kappa shape index (κ2) is 6.13. The van der Waals surface area contributed by atoms with Gasteiger partial charge in [-0.15, -0.1) is 0 Å². The zero-order valence-electron chi connectivity index (χ0n) is 10.0. The molecule has 2 atom stereocenters. The van der Waals surface area contributed by atoms with Crippen LogP contribution in [-0.2, 0) is 15.5 Å². The summed E-state index contributed by atoms with van der Waals surface area (Å²) in [5.41, 5.74) is 8.02. The van der Waals surface area contributed by atoms with Crippen molar-refractivity contribution in [2.45, 2.75) is 24.8 Å². The maximum Gasteiger partial charge on any atom is 0.0622 e. The van der Waals surface area contributed by atoms with E-state index in [9.17, 15) is 4.21 Å². The summed E-state index contributed by atoms with van der Waals surface area (Å²) in [6.45, 7) is 4.44. The predicted molar refractivity (Wildman–Crippen MR) is 67.0 cm³/mol. The Bertz CT molecular complexity index is 379. The lowest BCUT2D eigenvalue weighted by molar-refractivity contribution is 0.186. The van der Waals surface area contributed by atoms with E-state index in [1.54, 1.807) is 7.11 Å². The highest BCUT2D eigenvalue weighted by atomic mass is 32.2. The first-order chi connectivity index (χ1) is 7.54. The van der Waals surface area contributed by atoms with E-state index >= 15 is 0 Å². The number of benzene rings is 1. The minimum Gasteiger partial charge on any atom is -0.383 e. The van der Waals surface area contributed by atoms with E-state index in [1.807, 2.05) is 32.0 Å². The van der Waals surface area contributed by atoms with Crippen LogP contribution in [-0.4, -0.2) is 29.7 Å². The molecule has 0 heterocycles. The first-order valence-corrected chi connectivity index (χ1v) is 6.56. The molecule has 0 saturated carbocycles. The van der Waals surface area contributed by atoms with Gasteiger partial charge in [0.2, 0.25) is 0 Å². The van der Waals surface area contributed by atoms with Gasteiger partial charge in [0.1, 0.15) is 0 Å². The molecule has 1 aromatic carbocycles. The van der Waals surface area contributed by atoms with Crippen molar-refractivity contribution in [2.24, 2.45) is 5.73 Å². The number of nitrogens with two attached hydrogens (primary N) is 1. The summed E-state index contributed by atoms with van der Waals surface area (Å²) < 4.78 is 17.0. The fourth-order valence-electron chi connectivity index (χ4n) is 1.60. The summed E-state index contributed by atoms with van der Waals surface area (Å²) in [6.07, 6.45) is 0. The molecule has 0 aliphatic rings. The first-order valence-electron chi connectivity index (χ1n) is 5.24. The van der Waals surface area contributed by atoms with Gasteiger partial charge in [-0.1, -0.05) is 17.7 Å². The van der Waals surface area contributed by atoms with E-state index in [0.29, 0.717) is 12.4 Å². The summed E-state index contributed by atoms with van der Waals surface area (Å²) in [5.74, 6) is 0.442. The van der Waals surface area contributed by atoms with Gasteiger partial charge < -0.3 is 10.5 Å². The Hall–Kier alpha value is -0.710. The van der Waals surface area contributed by atoms with E-state index in [1.165, 1.54) is 5.56 Å². The maximum absolute atomic E-state index is 12.0. The van der Waals surface area contributed by atoms with E-state index < -0.39 is 10.8 Å². The van der Waals surface area contributed by atoms with Gasteiger partial charge in [-0.05, 0) is 25.5 Å². The number of methoxy groups -OCH3 is 1. The molecule has 16 heavy (non-hydrogen) atoms. The van der Waals surface area contributed by atoms with E-state index in [0.717, 1.165) is 10.5 Å². The average Bonchev–Trinajstić information content (AvgIpc) is 2.17. The molecule has 2 N–H and O–H groups in total. The Morgan fingerprint density at radius 1 is 1.44 bits per heavy atom. The van der Waals surface area contributed by atoms with E-state index in [4.69, 9.17) is 10.5 Å². The highest BCUT2D eigenvalue weighted by molar-refractivity contribution is 7.85. The van der Waals surface area contributed by atoms with Crippen LogP contribution in [0.4, 0.5) is 0 Å². The van der Waals surface area contributed by atoms with Crippen molar-refractivity contribution in [3.05, 3.63) is 29.3 Å². The second-order valence-corrected chi connectivity index (χ2v) is 5.46. The lowest BCUT2D eigenvalue weighted by Gasteiger charge is -2.11. The Kier molecular flexibility index (Phi) is 5.12. The smallest absolute Gasteiger partial charge is 0.0622 e. The Morgan fingerprint density at radius 2 is 2.12 bits per heavy atom. The van der Waals surface area contributed by atoms with Gasteiger partial charge in [0.15, 0.2) is 0 Å². The molecule has 1 rings (SSSR count). The zero-order valence-corrected chi connectivity index (χ0v) is 10.8. The molecule has 0 aliphatic carbocycles. The van der Waals surface area contributed by atoms with Crippen molar-refractivity contribution in [1.29, 1.82) is 0 Å². The Labute approximate surface area is 99.4 Å². The van der Waals surface area contributed by atoms with Gasteiger partial charge in [-0.3, -0.25) is 4.21 Å². The van der Waals surface area contributed by atoms with Crippen molar-refractivity contribution in [3.63, 3.8) is 0 Å². The lowest BCUT2D eigenvalue weighted by atomic mass is 10.2. The largest absolute Gasteiger partial charge is 0.383 e. The van der Waals surface area contributed by atoms with Crippen LogP contribution in [0.5, 0.6) is 0 Å². The van der Waals surface area contributed by atoms with Gasteiger partial charge in [-0.25, -0.2) is 0 Å². The quantitative estimate of drug-likeness (QED) is 0.847. The van der Waals surface area contributed by atoms with Gasteiger partial charge >= 0.3 is 0 Å². The Balaban J connectivity index is 2.73. The summed E-state index contributed by atoms with van der Waals surface area (Å²) in [7, 11) is 0.557. The van der Waals surface area contributed by atoms with Gasteiger partial charge in [0.05, 0.1) is 17.4 Å². The standard InChI is InChI=1S/C12H19NO2S/c1-9-4-5-12(10(2)6-9)16(14)8-11(13)7-15-3/h4-6,11H,7-8,13H2,1-3H3. The van der Waals surface area contributed by atoms with Crippen molar-refractivity contribution in [1.82, 2.24) is 0 Å². The monoisotopic (exact) mass is 241 g/mol. The van der Waals surface area contributed by atoms with Crippen LogP contribution in [0.1, 0.15) is 11.1 Å². The molecule has 0 fully saturated rings. The number of hydrogen-bond acceptors (Lipinski definition) is 3. The van der Waals surface area contributed by atoms with Crippen LogP contribution in [0.15, 0.2) is 23.1 Å². The Morgan fingerprint density at radius 3 is 2.69 bits per heavy atom. The molecule has 0 aliphatic heterocycles. The summed E-state index contributed by atoms with van der Waals surface area (Å²) in [5, 5.41) is 0. The number of rotatable bonds is 5. The summed E-state index contributed by atoms with van der Waals surface area (Å²) in [4.78, 5) is 0.872. The normalized spacial score (nSPS) is 14.8. The zero-order chi connectivity index (χ0) is 12.1. The number of hydrogen-bond donors (Lipinski definition) is 1. The minimum absolute atomic E-state index is 0.175. The van der Waals surface area contributed by atoms with Crippen molar-refractivity contribution in [3.8, 4) is 0 Å². The predicted octanol–water partition coefficient (Wildman–Crippen LogP) is 1.38. The molecule has 4 heteroatoms. The van der Waals surface area contributed by atoms with Gasteiger partial charge in [-0.2, -0.15) is 0 Å². The molecule has 0 aromatic heterocycles. The molecule has 0 saturated heterocycles. The summed E-state index contributed by atoms with van der Waals surface area (Å²) >= 11 is 0. The van der Waals surface area contributed by atoms with E-state index in [-0.39, 0.29) is 6.04 Å². The average molecular weight is 241 g/mol. The molecule has 0 spiro atoms. The molecule has 0 bridgehead atoms. The van der Waals surface area contributed by atoms with Crippen LogP contribution >= 0.6 is 0 Å². The first kappa shape index (κ1) is 13.4. The van der Waals surface area contributed by atoms with Crippen molar-refractivity contribution < 1.29 is 8.95 Å². The number of aryl methyl sites for hydroxylation is 2.